The van der Waals surface area contributed by atoms with Crippen molar-refractivity contribution in [1.29, 1.82) is 0 Å². The Balaban J connectivity index is 2.40. The Bertz CT molecular complexity index is 581. The van der Waals surface area contributed by atoms with Crippen molar-refractivity contribution in [3.63, 3.8) is 0 Å². The summed E-state index contributed by atoms with van der Waals surface area (Å²) in [5, 5.41) is 2.18. The molecule has 0 aromatic heterocycles. The summed E-state index contributed by atoms with van der Waals surface area (Å²) in [6.07, 6.45) is 6.00. The van der Waals surface area contributed by atoms with Gasteiger partial charge in [-0.05, 0) is 52.2 Å². The van der Waals surface area contributed by atoms with Gasteiger partial charge in [0, 0.05) is 11.9 Å². The molecular formula is C20H30N2O. The van der Waals surface area contributed by atoms with E-state index in [0.29, 0.717) is 0 Å². The van der Waals surface area contributed by atoms with E-state index in [2.05, 4.69) is 81.9 Å². The maximum atomic E-state index is 6.54. The molecule has 3 atom stereocenters. The van der Waals surface area contributed by atoms with Crippen molar-refractivity contribution in [2.45, 2.75) is 71.6 Å². The Morgan fingerprint density at radius 2 is 1.78 bits per heavy atom. The molecule has 0 N–H and O–H groups in total. The van der Waals surface area contributed by atoms with Gasteiger partial charge in [-0.1, -0.05) is 44.2 Å². The molecule has 1 heterocycles. The third kappa shape index (κ3) is 3.41. The predicted molar refractivity (Wildman–Crippen MR) is 97.4 cm³/mol. The van der Waals surface area contributed by atoms with Crippen LogP contribution in [0.5, 0.6) is 0 Å². The first-order valence-electron chi connectivity index (χ1n) is 8.62. The zero-order valence-electron chi connectivity index (χ0n) is 15.3. The smallest absolute Gasteiger partial charge is 0.102 e. The third-order valence-corrected chi connectivity index (χ3v) is 5.33. The van der Waals surface area contributed by atoms with E-state index in [4.69, 9.17) is 4.84 Å². The highest BCUT2D eigenvalue weighted by Gasteiger charge is 2.45. The number of hydrogen-bond acceptors (Lipinski definition) is 3. The minimum absolute atomic E-state index is 0.00718. The SMILES string of the molecule is CCC1(C)C=CN=C(C)C(C)(CC)N1OC(C)c1ccccc1. The molecule has 3 heteroatoms. The quantitative estimate of drug-likeness (QED) is 0.736. The van der Waals surface area contributed by atoms with Gasteiger partial charge in [-0.15, -0.1) is 0 Å². The summed E-state index contributed by atoms with van der Waals surface area (Å²) in [6.45, 7) is 13.1. The van der Waals surface area contributed by atoms with Gasteiger partial charge in [-0.2, -0.15) is 5.06 Å². The molecule has 0 fully saturated rings. The predicted octanol–water partition coefficient (Wildman–Crippen LogP) is 5.31. The van der Waals surface area contributed by atoms with Gasteiger partial charge in [0.1, 0.15) is 6.10 Å². The molecular weight excluding hydrogens is 284 g/mol. The molecule has 23 heavy (non-hydrogen) atoms. The first-order chi connectivity index (χ1) is 10.9. The summed E-state index contributed by atoms with van der Waals surface area (Å²) < 4.78 is 0. The molecule has 0 radical (unpaired) electrons. The first-order valence-corrected chi connectivity index (χ1v) is 8.62. The third-order valence-electron chi connectivity index (χ3n) is 5.33. The van der Waals surface area contributed by atoms with Crippen LogP contribution in [0.25, 0.3) is 0 Å². The fraction of sp³-hybridized carbons (Fsp3) is 0.550. The van der Waals surface area contributed by atoms with Gasteiger partial charge in [0.25, 0.3) is 0 Å². The molecule has 2 rings (SSSR count). The lowest BCUT2D eigenvalue weighted by molar-refractivity contribution is -0.272. The lowest BCUT2D eigenvalue weighted by Crippen LogP contribution is -2.59. The Hall–Kier alpha value is -1.45. The van der Waals surface area contributed by atoms with Crippen molar-refractivity contribution in [1.82, 2.24) is 5.06 Å². The van der Waals surface area contributed by atoms with Crippen LogP contribution in [0, 0.1) is 0 Å². The standard InChI is InChI=1S/C20H30N2O/c1-7-19(5)14-15-21-17(4)20(6,8-2)22(19)23-16(3)18-12-10-9-11-13-18/h9-16H,7-8H2,1-6H3. The van der Waals surface area contributed by atoms with E-state index in [0.717, 1.165) is 18.6 Å². The highest BCUT2D eigenvalue weighted by molar-refractivity contribution is 5.91. The van der Waals surface area contributed by atoms with Crippen LogP contribution in [-0.2, 0) is 4.84 Å². The van der Waals surface area contributed by atoms with Crippen molar-refractivity contribution in [3.8, 4) is 0 Å². The summed E-state index contributed by atoms with van der Waals surface area (Å²) in [4.78, 5) is 11.2. The van der Waals surface area contributed by atoms with Gasteiger partial charge < -0.3 is 0 Å². The molecule has 0 bridgehead atoms. The van der Waals surface area contributed by atoms with Crippen molar-refractivity contribution in [3.05, 3.63) is 48.2 Å². The zero-order valence-corrected chi connectivity index (χ0v) is 15.3. The van der Waals surface area contributed by atoms with Crippen LogP contribution < -0.4 is 0 Å². The van der Waals surface area contributed by atoms with Gasteiger partial charge in [0.15, 0.2) is 0 Å². The van der Waals surface area contributed by atoms with E-state index in [1.165, 1.54) is 5.56 Å². The second kappa shape index (κ2) is 6.98. The summed E-state index contributed by atoms with van der Waals surface area (Å²) in [7, 11) is 0. The average molecular weight is 314 g/mol. The van der Waals surface area contributed by atoms with E-state index in [-0.39, 0.29) is 17.2 Å². The summed E-state index contributed by atoms with van der Waals surface area (Å²) >= 11 is 0. The average Bonchev–Trinajstić information content (AvgIpc) is 2.67. The number of aliphatic imine (C=N–C) groups is 1. The van der Waals surface area contributed by atoms with E-state index in [1.54, 1.807) is 0 Å². The molecule has 0 amide bonds. The second-order valence-corrected chi connectivity index (χ2v) is 6.82. The minimum Gasteiger partial charge on any atom is -0.289 e. The van der Waals surface area contributed by atoms with Crippen LogP contribution >= 0.6 is 0 Å². The highest BCUT2D eigenvalue weighted by Crippen LogP contribution is 2.37. The van der Waals surface area contributed by atoms with E-state index in [9.17, 15) is 0 Å². The number of hydrogen-bond donors (Lipinski definition) is 0. The normalized spacial score (nSPS) is 29.9. The fourth-order valence-corrected chi connectivity index (χ4v) is 3.07. The summed E-state index contributed by atoms with van der Waals surface area (Å²) in [5.74, 6) is 0. The van der Waals surface area contributed by atoms with Gasteiger partial charge in [-0.25, -0.2) is 0 Å². The Morgan fingerprint density at radius 1 is 1.13 bits per heavy atom. The van der Waals surface area contributed by atoms with Gasteiger partial charge in [0.2, 0.25) is 0 Å². The monoisotopic (exact) mass is 314 g/mol. The van der Waals surface area contributed by atoms with Crippen LogP contribution in [0.2, 0.25) is 0 Å². The van der Waals surface area contributed by atoms with E-state index in [1.807, 2.05) is 12.3 Å². The van der Waals surface area contributed by atoms with Gasteiger partial charge in [-0.3, -0.25) is 9.83 Å². The number of hydroxylamine groups is 2. The molecule has 126 valence electrons. The molecule has 1 aromatic rings. The molecule has 1 aromatic carbocycles. The molecule has 1 aliphatic heterocycles. The van der Waals surface area contributed by atoms with Crippen molar-refractivity contribution < 1.29 is 4.84 Å². The topological polar surface area (TPSA) is 24.8 Å². The maximum Gasteiger partial charge on any atom is 0.102 e. The van der Waals surface area contributed by atoms with Crippen molar-refractivity contribution in [2.24, 2.45) is 4.99 Å². The number of rotatable bonds is 5. The van der Waals surface area contributed by atoms with Crippen LogP contribution in [0.4, 0.5) is 0 Å². The minimum atomic E-state index is -0.225. The lowest BCUT2D eigenvalue weighted by Gasteiger charge is -2.48. The number of nitrogens with zero attached hydrogens (tertiary/aromatic N) is 2. The molecule has 0 saturated heterocycles. The molecule has 0 spiro atoms. The summed E-state index contributed by atoms with van der Waals surface area (Å²) in [6, 6.07) is 10.4. The fourth-order valence-electron chi connectivity index (χ4n) is 3.07. The zero-order chi connectivity index (χ0) is 17.1. The first kappa shape index (κ1) is 17.9. The van der Waals surface area contributed by atoms with Crippen molar-refractivity contribution in [2.75, 3.05) is 0 Å². The van der Waals surface area contributed by atoms with E-state index >= 15 is 0 Å². The molecule has 3 nitrogen and oxygen atoms in total. The Morgan fingerprint density at radius 3 is 2.35 bits per heavy atom. The van der Waals surface area contributed by atoms with Crippen LogP contribution in [0.3, 0.4) is 0 Å². The summed E-state index contributed by atoms with van der Waals surface area (Å²) in [5.41, 5.74) is 1.87. The molecule has 3 unspecified atom stereocenters. The Labute approximate surface area is 141 Å². The second-order valence-electron chi connectivity index (χ2n) is 6.82. The molecule has 0 saturated carbocycles. The van der Waals surface area contributed by atoms with Crippen LogP contribution in [-0.4, -0.2) is 21.9 Å². The maximum absolute atomic E-state index is 6.54. The number of benzene rings is 1. The van der Waals surface area contributed by atoms with Crippen molar-refractivity contribution >= 4 is 5.71 Å². The molecule has 0 aliphatic carbocycles. The van der Waals surface area contributed by atoms with Crippen LogP contribution in [0.1, 0.15) is 66.1 Å². The largest absolute Gasteiger partial charge is 0.289 e. The highest BCUT2D eigenvalue weighted by atomic mass is 16.7. The molecule has 1 aliphatic rings. The lowest BCUT2D eigenvalue weighted by atomic mass is 9.87. The Kier molecular flexibility index (Phi) is 5.43. The van der Waals surface area contributed by atoms with E-state index < -0.39 is 0 Å². The van der Waals surface area contributed by atoms with Gasteiger partial charge >= 0.3 is 0 Å². The van der Waals surface area contributed by atoms with Gasteiger partial charge in [0.05, 0.1) is 11.1 Å². The van der Waals surface area contributed by atoms with Crippen LogP contribution in [0.15, 0.2) is 47.6 Å².